The van der Waals surface area contributed by atoms with E-state index in [1.165, 1.54) is 5.56 Å². The lowest BCUT2D eigenvalue weighted by atomic mass is 10.2. The van der Waals surface area contributed by atoms with E-state index < -0.39 is 0 Å². The maximum atomic E-state index is 5.76. The summed E-state index contributed by atoms with van der Waals surface area (Å²) >= 11 is 1.66. The van der Waals surface area contributed by atoms with Crippen molar-refractivity contribution in [3.05, 3.63) is 54.1 Å². The molecule has 1 aromatic heterocycles. The Morgan fingerprint density at radius 2 is 1.90 bits per heavy atom. The molecule has 0 fully saturated rings. The number of para-hydroxylation sites is 1. The van der Waals surface area contributed by atoms with Crippen LogP contribution in [0.2, 0.25) is 0 Å². The zero-order valence-corrected chi connectivity index (χ0v) is 18.4. The van der Waals surface area contributed by atoms with E-state index in [0.29, 0.717) is 13.2 Å². The summed E-state index contributed by atoms with van der Waals surface area (Å²) in [7, 11) is 0. The molecule has 2 aromatic carbocycles. The van der Waals surface area contributed by atoms with Gasteiger partial charge in [-0.1, -0.05) is 43.0 Å². The second-order valence-corrected chi connectivity index (χ2v) is 7.71. The molecule has 0 atom stereocenters. The summed E-state index contributed by atoms with van der Waals surface area (Å²) in [5, 5.41) is 16.3. The van der Waals surface area contributed by atoms with E-state index in [1.807, 2.05) is 43.3 Å². The maximum Gasteiger partial charge on any atom is 0.214 e. The molecule has 1 N–H and O–H groups in total. The van der Waals surface area contributed by atoms with Crippen molar-refractivity contribution in [2.45, 2.75) is 38.4 Å². The molecule has 0 amide bonds. The molecule has 0 aliphatic carbocycles. The first kappa shape index (κ1) is 22.1. The normalized spacial score (nSPS) is 10.9. The van der Waals surface area contributed by atoms with Crippen LogP contribution in [-0.2, 0) is 6.54 Å². The number of hydrogen-bond donors (Lipinski definition) is 1. The third kappa shape index (κ3) is 6.47. The van der Waals surface area contributed by atoms with Gasteiger partial charge >= 0.3 is 0 Å². The van der Waals surface area contributed by atoms with Crippen molar-refractivity contribution in [3.8, 4) is 17.2 Å². The summed E-state index contributed by atoms with van der Waals surface area (Å²) in [5.41, 5.74) is 2.16. The van der Waals surface area contributed by atoms with Gasteiger partial charge in [-0.15, -0.1) is 5.10 Å². The molecule has 3 rings (SSSR count). The van der Waals surface area contributed by atoms with Gasteiger partial charge in [-0.25, -0.2) is 0 Å². The topological polar surface area (TPSA) is 74.1 Å². The summed E-state index contributed by atoms with van der Waals surface area (Å²) in [4.78, 5) is 0. The van der Waals surface area contributed by atoms with E-state index in [1.54, 1.807) is 16.4 Å². The zero-order valence-electron chi connectivity index (χ0n) is 17.6. The largest absolute Gasteiger partial charge is 0.490 e. The van der Waals surface area contributed by atoms with Gasteiger partial charge in [0.1, 0.15) is 0 Å². The Kier molecular flexibility index (Phi) is 8.99. The molecule has 0 radical (unpaired) electrons. The minimum Gasteiger partial charge on any atom is -0.490 e. The number of ether oxygens (including phenoxy) is 2. The highest BCUT2D eigenvalue weighted by atomic mass is 32.2. The number of benzene rings is 2. The lowest BCUT2D eigenvalue weighted by molar-refractivity contribution is 0.276. The number of aromatic nitrogens is 4. The Labute approximate surface area is 182 Å². The highest BCUT2D eigenvalue weighted by Gasteiger charge is 2.09. The fraction of sp³-hybridized carbons (Fsp3) is 0.409. The van der Waals surface area contributed by atoms with Crippen LogP contribution in [0.5, 0.6) is 11.5 Å². The molecular weight excluding hydrogens is 398 g/mol. The third-order valence-electron chi connectivity index (χ3n) is 4.27. The Morgan fingerprint density at radius 3 is 2.70 bits per heavy atom. The standard InChI is InChI=1S/C22H29N5O2S/c1-3-14-29-20-12-11-18(16-21(20)28-4-2)17-23-13-8-15-30-22-24-25-26-27(22)19-9-6-5-7-10-19/h5-7,9-12,16,23H,3-4,8,13-15,17H2,1-2H3. The first-order valence-corrected chi connectivity index (χ1v) is 11.4. The molecule has 0 unspecified atom stereocenters. The summed E-state index contributed by atoms with van der Waals surface area (Å²) in [6.07, 6.45) is 1.99. The van der Waals surface area contributed by atoms with Gasteiger partial charge in [0, 0.05) is 12.3 Å². The van der Waals surface area contributed by atoms with Gasteiger partial charge in [-0.05, 0) is 66.6 Å². The van der Waals surface area contributed by atoms with Gasteiger partial charge in [-0.2, -0.15) is 4.68 Å². The molecular formula is C22H29N5O2S. The molecule has 0 aliphatic heterocycles. The minimum absolute atomic E-state index is 0.624. The average molecular weight is 428 g/mol. The van der Waals surface area contributed by atoms with Crippen LogP contribution in [0.25, 0.3) is 5.69 Å². The molecule has 0 spiro atoms. The van der Waals surface area contributed by atoms with Crippen LogP contribution in [0, 0.1) is 0 Å². The van der Waals surface area contributed by atoms with Crippen molar-refractivity contribution in [1.82, 2.24) is 25.5 Å². The first-order valence-electron chi connectivity index (χ1n) is 10.4. The van der Waals surface area contributed by atoms with Crippen LogP contribution >= 0.6 is 11.8 Å². The van der Waals surface area contributed by atoms with Crippen molar-refractivity contribution < 1.29 is 9.47 Å². The van der Waals surface area contributed by atoms with Gasteiger partial charge < -0.3 is 14.8 Å². The summed E-state index contributed by atoms with van der Waals surface area (Å²) < 4.78 is 13.3. The molecule has 0 bridgehead atoms. The number of nitrogens with one attached hydrogen (secondary N) is 1. The molecule has 0 saturated heterocycles. The van der Waals surface area contributed by atoms with Gasteiger partial charge in [0.05, 0.1) is 18.9 Å². The second kappa shape index (κ2) is 12.2. The lowest BCUT2D eigenvalue weighted by Gasteiger charge is -2.13. The minimum atomic E-state index is 0.624. The molecule has 7 nitrogen and oxygen atoms in total. The second-order valence-electron chi connectivity index (χ2n) is 6.65. The Hall–Kier alpha value is -2.58. The van der Waals surface area contributed by atoms with Crippen LogP contribution in [0.1, 0.15) is 32.3 Å². The first-order chi connectivity index (χ1) is 14.8. The highest BCUT2D eigenvalue weighted by Crippen LogP contribution is 2.28. The molecule has 0 aliphatic rings. The summed E-state index contributed by atoms with van der Waals surface area (Å²) in [5.74, 6) is 2.57. The van der Waals surface area contributed by atoms with E-state index in [9.17, 15) is 0 Å². The summed E-state index contributed by atoms with van der Waals surface area (Å²) in [6.45, 7) is 7.11. The molecule has 30 heavy (non-hydrogen) atoms. The lowest BCUT2D eigenvalue weighted by Crippen LogP contribution is -2.15. The maximum absolute atomic E-state index is 5.76. The Morgan fingerprint density at radius 1 is 1.03 bits per heavy atom. The van der Waals surface area contributed by atoms with E-state index >= 15 is 0 Å². The zero-order chi connectivity index (χ0) is 21.0. The predicted octanol–water partition coefficient (Wildman–Crippen LogP) is 4.12. The number of tetrazole rings is 1. The number of hydrogen-bond acceptors (Lipinski definition) is 7. The SMILES string of the molecule is CCCOc1ccc(CNCCCSc2nnnn2-c2ccccc2)cc1OCC. The van der Waals surface area contributed by atoms with Crippen LogP contribution < -0.4 is 14.8 Å². The fourth-order valence-corrected chi connectivity index (χ4v) is 3.69. The molecule has 160 valence electrons. The monoisotopic (exact) mass is 427 g/mol. The van der Waals surface area contributed by atoms with Crippen molar-refractivity contribution in [3.63, 3.8) is 0 Å². The predicted molar refractivity (Wildman–Crippen MR) is 120 cm³/mol. The van der Waals surface area contributed by atoms with Gasteiger partial charge in [0.2, 0.25) is 5.16 Å². The summed E-state index contributed by atoms with van der Waals surface area (Å²) in [6, 6.07) is 16.1. The van der Waals surface area contributed by atoms with Crippen molar-refractivity contribution in [1.29, 1.82) is 0 Å². The van der Waals surface area contributed by atoms with E-state index in [4.69, 9.17) is 9.47 Å². The molecule has 8 heteroatoms. The Balaban J connectivity index is 1.42. The third-order valence-corrected chi connectivity index (χ3v) is 5.28. The average Bonchev–Trinajstić information content (AvgIpc) is 3.25. The van der Waals surface area contributed by atoms with Crippen LogP contribution in [-0.4, -0.2) is 45.7 Å². The van der Waals surface area contributed by atoms with Crippen molar-refractivity contribution in [2.24, 2.45) is 0 Å². The van der Waals surface area contributed by atoms with E-state index in [0.717, 1.165) is 54.0 Å². The number of thioether (sulfide) groups is 1. The van der Waals surface area contributed by atoms with E-state index in [-0.39, 0.29) is 0 Å². The number of nitrogens with zero attached hydrogens (tertiary/aromatic N) is 4. The number of rotatable bonds is 13. The highest BCUT2D eigenvalue weighted by molar-refractivity contribution is 7.99. The van der Waals surface area contributed by atoms with Crippen molar-refractivity contribution in [2.75, 3.05) is 25.5 Å². The quantitative estimate of drug-likeness (QED) is 0.325. The Bertz CT molecular complexity index is 888. The molecule has 1 heterocycles. The molecule has 0 saturated carbocycles. The van der Waals surface area contributed by atoms with Gasteiger partial charge in [0.15, 0.2) is 11.5 Å². The van der Waals surface area contributed by atoms with E-state index in [2.05, 4.69) is 39.9 Å². The fourth-order valence-electron chi connectivity index (χ4n) is 2.86. The smallest absolute Gasteiger partial charge is 0.214 e. The van der Waals surface area contributed by atoms with Crippen LogP contribution in [0.15, 0.2) is 53.7 Å². The molecule has 3 aromatic rings. The van der Waals surface area contributed by atoms with Crippen molar-refractivity contribution >= 4 is 11.8 Å². The van der Waals surface area contributed by atoms with Crippen LogP contribution in [0.4, 0.5) is 0 Å². The van der Waals surface area contributed by atoms with Crippen LogP contribution in [0.3, 0.4) is 0 Å². The van der Waals surface area contributed by atoms with Gasteiger partial charge in [0.25, 0.3) is 0 Å². The van der Waals surface area contributed by atoms with Gasteiger partial charge in [-0.3, -0.25) is 0 Å².